The minimum atomic E-state index is -0.806. The van der Waals surface area contributed by atoms with Crippen molar-refractivity contribution in [2.75, 3.05) is 19.8 Å². The summed E-state index contributed by atoms with van der Waals surface area (Å²) in [5.41, 5.74) is 2.00. The first-order chi connectivity index (χ1) is 19.7. The predicted octanol–water partition coefficient (Wildman–Crippen LogP) is 6.07. The van der Waals surface area contributed by atoms with Crippen molar-refractivity contribution in [2.24, 2.45) is 5.10 Å². The number of halogens is 1. The molecular weight excluding hydrogens is 560 g/mol. The number of nitrogens with zero attached hydrogens (tertiary/aromatic N) is 3. The van der Waals surface area contributed by atoms with Crippen molar-refractivity contribution in [3.05, 3.63) is 97.6 Å². The second-order valence-corrected chi connectivity index (χ2v) is 8.33. The van der Waals surface area contributed by atoms with Crippen LogP contribution < -0.4 is 24.4 Å². The van der Waals surface area contributed by atoms with Gasteiger partial charge in [0, 0.05) is 11.6 Å². The summed E-state index contributed by atoms with van der Waals surface area (Å²) in [4.78, 5) is 33.6. The Labute approximate surface area is 239 Å². The van der Waals surface area contributed by atoms with E-state index in [1.165, 1.54) is 24.4 Å². The molecule has 0 aliphatic heterocycles. The number of benzene rings is 3. The molecule has 1 amide bonds. The van der Waals surface area contributed by atoms with Crippen LogP contribution in [0.15, 0.2) is 66.3 Å². The zero-order chi connectivity index (χ0) is 29.9. The normalized spacial score (nSPS) is 10.6. The van der Waals surface area contributed by atoms with Crippen LogP contribution in [-0.4, -0.2) is 41.8 Å². The zero-order valence-corrected chi connectivity index (χ0v) is 22.8. The summed E-state index contributed by atoms with van der Waals surface area (Å²) >= 11 is 6.41. The Balaban J connectivity index is 1.82. The van der Waals surface area contributed by atoms with Crippen LogP contribution >= 0.6 is 11.6 Å². The molecule has 0 fully saturated rings. The van der Waals surface area contributed by atoms with Crippen LogP contribution in [0.1, 0.15) is 29.8 Å². The lowest BCUT2D eigenvalue weighted by Gasteiger charge is -2.14. The molecule has 0 radical (unpaired) electrons. The average molecular weight is 585 g/mol. The molecule has 3 aromatic carbocycles. The van der Waals surface area contributed by atoms with Crippen LogP contribution in [0.2, 0.25) is 5.02 Å². The molecule has 0 aromatic heterocycles. The molecule has 13 nitrogen and oxygen atoms in total. The maximum absolute atomic E-state index is 12.7. The first-order valence-corrected chi connectivity index (χ1v) is 12.5. The number of nitro groups is 2. The number of amides is 1. The van der Waals surface area contributed by atoms with Gasteiger partial charge in [-0.25, -0.2) is 5.43 Å². The van der Waals surface area contributed by atoms with E-state index in [1.807, 2.05) is 0 Å². The molecule has 0 spiro atoms. The molecule has 1 N–H and O–H groups in total. The van der Waals surface area contributed by atoms with Crippen LogP contribution in [0.4, 0.5) is 11.4 Å². The molecule has 0 heterocycles. The molecule has 3 rings (SSSR count). The third-order valence-electron chi connectivity index (χ3n) is 5.14. The molecule has 14 heteroatoms. The Kier molecular flexibility index (Phi) is 10.6. The van der Waals surface area contributed by atoms with Crippen LogP contribution in [-0.2, 0) is 0 Å². The minimum absolute atomic E-state index is 0.00727. The topological polar surface area (TPSA) is 165 Å². The zero-order valence-electron chi connectivity index (χ0n) is 22.0. The second kappa shape index (κ2) is 14.3. The fourth-order valence-electron chi connectivity index (χ4n) is 3.40. The molecule has 0 aliphatic carbocycles. The van der Waals surface area contributed by atoms with Crippen molar-refractivity contribution in [1.29, 1.82) is 0 Å². The van der Waals surface area contributed by atoms with Gasteiger partial charge in [-0.05, 0) is 55.8 Å². The number of carbonyl (C=O) groups is 1. The lowest BCUT2D eigenvalue weighted by Crippen LogP contribution is -2.17. The summed E-state index contributed by atoms with van der Waals surface area (Å²) in [7, 11) is 0. The number of carbonyl (C=O) groups excluding carboxylic acids is 1. The van der Waals surface area contributed by atoms with E-state index in [-0.39, 0.29) is 41.0 Å². The largest absolute Gasteiger partial charge is 0.490 e. The van der Waals surface area contributed by atoms with E-state index >= 15 is 0 Å². The number of hydrogen-bond donors (Lipinski definition) is 1. The summed E-state index contributed by atoms with van der Waals surface area (Å²) in [6.07, 6.45) is 2.90. The van der Waals surface area contributed by atoms with Gasteiger partial charge in [0.25, 0.3) is 11.6 Å². The van der Waals surface area contributed by atoms with Gasteiger partial charge < -0.3 is 18.9 Å². The van der Waals surface area contributed by atoms with Crippen LogP contribution in [0, 0.1) is 20.2 Å². The molecule has 0 saturated heterocycles. The van der Waals surface area contributed by atoms with Crippen LogP contribution in [0.5, 0.6) is 28.7 Å². The van der Waals surface area contributed by atoms with Gasteiger partial charge in [-0.2, -0.15) is 5.10 Å². The smallest absolute Gasteiger partial charge is 0.318 e. The van der Waals surface area contributed by atoms with E-state index < -0.39 is 27.1 Å². The molecule has 41 heavy (non-hydrogen) atoms. The highest BCUT2D eigenvalue weighted by Gasteiger charge is 2.23. The minimum Gasteiger partial charge on any atom is -0.490 e. The van der Waals surface area contributed by atoms with Gasteiger partial charge in [-0.3, -0.25) is 25.0 Å². The SMILES string of the molecule is C=CCOc1ccc(C(=O)N/N=C/c2cc(Cl)c(Oc3ccc([N+](=O)[O-])cc3[N+](=O)[O-])c(OCC)c2)cc1OCC. The molecule has 0 atom stereocenters. The fourth-order valence-corrected chi connectivity index (χ4v) is 3.66. The van der Waals surface area contributed by atoms with Crippen molar-refractivity contribution >= 4 is 35.1 Å². The monoisotopic (exact) mass is 584 g/mol. The van der Waals surface area contributed by atoms with E-state index in [4.69, 9.17) is 30.5 Å². The Morgan fingerprint density at radius 3 is 2.32 bits per heavy atom. The Morgan fingerprint density at radius 2 is 1.66 bits per heavy atom. The van der Waals surface area contributed by atoms with Crippen LogP contribution in [0.3, 0.4) is 0 Å². The van der Waals surface area contributed by atoms with Crippen molar-refractivity contribution in [2.45, 2.75) is 13.8 Å². The lowest BCUT2D eigenvalue weighted by atomic mass is 10.2. The molecule has 0 aliphatic rings. The van der Waals surface area contributed by atoms with Gasteiger partial charge in [0.1, 0.15) is 6.61 Å². The summed E-state index contributed by atoms with van der Waals surface area (Å²) in [6, 6.07) is 10.6. The fraction of sp³-hybridized carbons (Fsp3) is 0.185. The number of rotatable bonds is 14. The Morgan fingerprint density at radius 1 is 0.951 bits per heavy atom. The second-order valence-electron chi connectivity index (χ2n) is 7.92. The number of hydrogen-bond acceptors (Lipinski definition) is 10. The van der Waals surface area contributed by atoms with Crippen molar-refractivity contribution in [3.8, 4) is 28.7 Å². The quantitative estimate of drug-likeness (QED) is 0.102. The van der Waals surface area contributed by atoms with Crippen molar-refractivity contribution in [1.82, 2.24) is 5.43 Å². The van der Waals surface area contributed by atoms with E-state index in [0.717, 1.165) is 18.2 Å². The van der Waals surface area contributed by atoms with Gasteiger partial charge in [0.15, 0.2) is 23.0 Å². The number of non-ortho nitro benzene ring substituents is 1. The highest BCUT2D eigenvalue weighted by molar-refractivity contribution is 6.32. The van der Waals surface area contributed by atoms with Gasteiger partial charge in [0.05, 0.1) is 40.4 Å². The Hall–Kier alpha value is -5.17. The Bertz CT molecular complexity index is 1490. The summed E-state index contributed by atoms with van der Waals surface area (Å²) in [5, 5.41) is 26.5. The number of hydrazone groups is 1. The van der Waals surface area contributed by atoms with Gasteiger partial charge in [0.2, 0.25) is 5.75 Å². The molecule has 3 aromatic rings. The van der Waals surface area contributed by atoms with E-state index in [9.17, 15) is 25.0 Å². The summed E-state index contributed by atoms with van der Waals surface area (Å²) in [6.45, 7) is 7.95. The maximum Gasteiger partial charge on any atom is 0.318 e. The highest BCUT2D eigenvalue weighted by atomic mass is 35.5. The highest BCUT2D eigenvalue weighted by Crippen LogP contribution is 2.42. The molecule has 0 bridgehead atoms. The van der Waals surface area contributed by atoms with E-state index in [0.29, 0.717) is 23.7 Å². The summed E-state index contributed by atoms with van der Waals surface area (Å²) in [5.74, 6) is 0.142. The molecule has 0 saturated carbocycles. The number of ether oxygens (including phenoxy) is 4. The third-order valence-corrected chi connectivity index (χ3v) is 5.42. The number of nitrogens with one attached hydrogen (secondary N) is 1. The standard InChI is InChI=1S/C27H25ClN4O9/c1-4-11-40-23-9-7-18(14-24(23)38-5-2)27(33)30-29-16-17-12-20(28)26(25(13-17)39-6-3)41-22-10-8-19(31(34)35)15-21(22)32(36)37/h4,7-10,12-16H,1,5-6,11H2,2-3H3,(H,30,33)/b29-16+. The first kappa shape index (κ1) is 30.4. The van der Waals surface area contributed by atoms with Crippen molar-refractivity contribution < 1.29 is 33.6 Å². The van der Waals surface area contributed by atoms with Gasteiger partial charge >= 0.3 is 5.69 Å². The molecule has 0 unspecified atom stereocenters. The molecular formula is C27H25ClN4O9. The molecule has 214 valence electrons. The number of nitro benzene ring substituents is 2. The van der Waals surface area contributed by atoms with Crippen molar-refractivity contribution in [3.63, 3.8) is 0 Å². The van der Waals surface area contributed by atoms with Gasteiger partial charge in [-0.15, -0.1) is 0 Å². The van der Waals surface area contributed by atoms with E-state index in [2.05, 4.69) is 17.1 Å². The van der Waals surface area contributed by atoms with Gasteiger partial charge in [-0.1, -0.05) is 24.3 Å². The third kappa shape index (κ3) is 7.92. The lowest BCUT2D eigenvalue weighted by molar-refractivity contribution is -0.394. The van der Waals surface area contributed by atoms with Crippen LogP contribution in [0.25, 0.3) is 0 Å². The average Bonchev–Trinajstić information content (AvgIpc) is 2.94. The maximum atomic E-state index is 12.7. The summed E-state index contributed by atoms with van der Waals surface area (Å²) < 4.78 is 22.4. The van der Waals surface area contributed by atoms with E-state index in [1.54, 1.807) is 32.1 Å². The first-order valence-electron chi connectivity index (χ1n) is 12.1. The predicted molar refractivity (Wildman–Crippen MR) is 151 cm³/mol.